The number of aromatic nitrogens is 1. The van der Waals surface area contributed by atoms with Crippen molar-refractivity contribution in [2.24, 2.45) is 0 Å². The van der Waals surface area contributed by atoms with Gasteiger partial charge in [-0.15, -0.1) is 11.6 Å². The first kappa shape index (κ1) is 10.2. The second kappa shape index (κ2) is 3.87. The maximum absolute atomic E-state index is 12.3. The maximum atomic E-state index is 12.3. The van der Waals surface area contributed by atoms with Gasteiger partial charge in [0.05, 0.1) is 6.20 Å². The third-order valence-corrected chi connectivity index (χ3v) is 2.08. The van der Waals surface area contributed by atoms with Crippen molar-refractivity contribution in [3.63, 3.8) is 0 Å². The Bertz CT molecular complexity index is 317. The van der Waals surface area contributed by atoms with E-state index in [-0.39, 0.29) is 22.9 Å². The summed E-state index contributed by atoms with van der Waals surface area (Å²) in [6, 6.07) is 0. The molecule has 0 amide bonds. The molecule has 0 aliphatic rings. The molecule has 0 aliphatic heterocycles. The predicted molar refractivity (Wildman–Crippen MR) is 45.2 cm³/mol. The minimum atomic E-state index is -2.66. The number of nitrogens with zero attached hydrogens (tertiary/aromatic N) is 1. The molecule has 13 heavy (non-hydrogen) atoms. The van der Waals surface area contributed by atoms with Crippen LogP contribution in [0.4, 0.5) is 8.78 Å². The molecule has 1 heterocycles. The summed E-state index contributed by atoms with van der Waals surface area (Å²) in [5.41, 5.74) is 0.210. The molecule has 0 radical (unpaired) electrons. The highest BCUT2D eigenvalue weighted by atomic mass is 35.5. The summed E-state index contributed by atoms with van der Waals surface area (Å²) >= 11 is 5.47. The molecular formula is C8H8ClF2NO. The first-order chi connectivity index (χ1) is 6.07. The normalized spacial score (nSPS) is 10.8. The smallest absolute Gasteiger partial charge is 0.280 e. The monoisotopic (exact) mass is 207 g/mol. The van der Waals surface area contributed by atoms with Crippen LogP contribution < -0.4 is 0 Å². The summed E-state index contributed by atoms with van der Waals surface area (Å²) in [5, 5.41) is 9.17. The Balaban J connectivity index is 3.30. The summed E-state index contributed by atoms with van der Waals surface area (Å²) < 4.78 is 24.6. The molecule has 1 aromatic heterocycles. The number of rotatable bonds is 2. The highest BCUT2D eigenvalue weighted by molar-refractivity contribution is 6.17. The quantitative estimate of drug-likeness (QED) is 0.757. The van der Waals surface area contributed by atoms with Crippen molar-refractivity contribution >= 4 is 11.6 Å². The summed E-state index contributed by atoms with van der Waals surface area (Å²) in [5.74, 6) is -0.188. The summed E-state index contributed by atoms with van der Waals surface area (Å²) in [6.07, 6.45) is -1.65. The van der Waals surface area contributed by atoms with Gasteiger partial charge in [0, 0.05) is 11.4 Å². The van der Waals surface area contributed by atoms with Gasteiger partial charge in [0.25, 0.3) is 6.43 Å². The molecule has 0 saturated carbocycles. The van der Waals surface area contributed by atoms with Crippen LogP contribution in [0.2, 0.25) is 0 Å². The molecule has 0 spiro atoms. The minimum Gasteiger partial charge on any atom is -0.506 e. The third kappa shape index (κ3) is 1.88. The van der Waals surface area contributed by atoms with E-state index in [1.807, 2.05) is 0 Å². The van der Waals surface area contributed by atoms with Crippen LogP contribution in [0.3, 0.4) is 0 Å². The number of alkyl halides is 3. The Morgan fingerprint density at radius 1 is 1.62 bits per heavy atom. The van der Waals surface area contributed by atoms with Crippen molar-refractivity contribution in [3.05, 3.63) is 23.0 Å². The predicted octanol–water partition coefficient (Wildman–Crippen LogP) is 2.77. The topological polar surface area (TPSA) is 33.1 Å². The molecule has 2 nitrogen and oxygen atoms in total. The van der Waals surface area contributed by atoms with E-state index < -0.39 is 6.43 Å². The van der Waals surface area contributed by atoms with Gasteiger partial charge in [0.15, 0.2) is 0 Å². The Morgan fingerprint density at radius 3 is 2.69 bits per heavy atom. The Labute approximate surface area is 79.2 Å². The molecule has 0 aromatic carbocycles. The van der Waals surface area contributed by atoms with Crippen molar-refractivity contribution in [3.8, 4) is 5.75 Å². The fraction of sp³-hybridized carbons (Fsp3) is 0.375. The fourth-order valence-corrected chi connectivity index (χ4v) is 1.35. The van der Waals surface area contributed by atoms with Crippen molar-refractivity contribution in [2.45, 2.75) is 19.2 Å². The van der Waals surface area contributed by atoms with E-state index in [9.17, 15) is 13.9 Å². The average Bonchev–Trinajstić information content (AvgIpc) is 2.09. The maximum Gasteiger partial charge on any atom is 0.280 e. The fourth-order valence-electron chi connectivity index (χ4n) is 1.01. The first-order valence-corrected chi connectivity index (χ1v) is 4.12. The van der Waals surface area contributed by atoms with Crippen LogP contribution in [-0.4, -0.2) is 10.1 Å². The molecular weight excluding hydrogens is 200 g/mol. The SMILES string of the molecule is Cc1c(O)cnc(C(F)F)c1CCl. The Kier molecular flexibility index (Phi) is 3.03. The second-order valence-electron chi connectivity index (χ2n) is 2.57. The molecule has 5 heteroatoms. The first-order valence-electron chi connectivity index (χ1n) is 3.59. The summed E-state index contributed by atoms with van der Waals surface area (Å²) in [7, 11) is 0. The Morgan fingerprint density at radius 2 is 2.23 bits per heavy atom. The van der Waals surface area contributed by atoms with Crippen molar-refractivity contribution in [1.29, 1.82) is 0 Å². The van der Waals surface area contributed by atoms with Crippen LogP contribution >= 0.6 is 11.6 Å². The molecule has 1 aromatic rings. The van der Waals surface area contributed by atoms with Gasteiger partial charge >= 0.3 is 0 Å². The van der Waals surface area contributed by atoms with Crippen LogP contribution in [-0.2, 0) is 5.88 Å². The zero-order valence-corrected chi connectivity index (χ0v) is 7.65. The molecule has 1 N–H and O–H groups in total. The number of hydrogen-bond acceptors (Lipinski definition) is 2. The number of hydrogen-bond donors (Lipinski definition) is 1. The van der Waals surface area contributed by atoms with E-state index in [0.717, 1.165) is 6.20 Å². The number of aromatic hydroxyl groups is 1. The van der Waals surface area contributed by atoms with Gasteiger partial charge in [0.1, 0.15) is 11.4 Å². The van der Waals surface area contributed by atoms with E-state index in [1.54, 1.807) is 0 Å². The standard InChI is InChI=1S/C8H8ClF2NO/c1-4-5(2-9)7(8(10)11)12-3-6(4)13/h3,8,13H,2H2,1H3. The van der Waals surface area contributed by atoms with Crippen molar-refractivity contribution in [2.75, 3.05) is 0 Å². The lowest BCUT2D eigenvalue weighted by atomic mass is 10.1. The van der Waals surface area contributed by atoms with Crippen LogP contribution in [0.5, 0.6) is 5.75 Å². The average molecular weight is 208 g/mol. The molecule has 0 fully saturated rings. The number of halogens is 3. The van der Waals surface area contributed by atoms with E-state index in [2.05, 4.69) is 4.98 Å². The molecule has 0 saturated heterocycles. The number of pyridine rings is 1. The minimum absolute atomic E-state index is 0.0765. The summed E-state index contributed by atoms with van der Waals surface area (Å²) in [6.45, 7) is 1.53. The van der Waals surface area contributed by atoms with Crippen molar-refractivity contribution < 1.29 is 13.9 Å². The van der Waals surface area contributed by atoms with Gasteiger partial charge in [0.2, 0.25) is 0 Å². The van der Waals surface area contributed by atoms with Gasteiger partial charge in [-0.3, -0.25) is 4.98 Å². The lowest BCUT2D eigenvalue weighted by Gasteiger charge is -2.09. The largest absolute Gasteiger partial charge is 0.506 e. The third-order valence-electron chi connectivity index (χ3n) is 1.81. The van der Waals surface area contributed by atoms with Crippen LogP contribution in [0.15, 0.2) is 6.20 Å². The van der Waals surface area contributed by atoms with Gasteiger partial charge in [-0.2, -0.15) is 0 Å². The van der Waals surface area contributed by atoms with Crippen molar-refractivity contribution in [1.82, 2.24) is 4.98 Å². The molecule has 0 aliphatic carbocycles. The lowest BCUT2D eigenvalue weighted by Crippen LogP contribution is -1.99. The van der Waals surface area contributed by atoms with Gasteiger partial charge in [-0.25, -0.2) is 8.78 Å². The molecule has 0 atom stereocenters. The Hall–Kier alpha value is -0.900. The lowest BCUT2D eigenvalue weighted by molar-refractivity contribution is 0.145. The molecule has 0 unspecified atom stereocenters. The van der Waals surface area contributed by atoms with Crippen LogP contribution in [0.1, 0.15) is 23.2 Å². The zero-order chi connectivity index (χ0) is 10.0. The van der Waals surface area contributed by atoms with E-state index in [4.69, 9.17) is 11.6 Å². The van der Waals surface area contributed by atoms with Gasteiger partial charge < -0.3 is 5.11 Å². The van der Waals surface area contributed by atoms with Gasteiger partial charge in [-0.1, -0.05) is 0 Å². The van der Waals surface area contributed by atoms with E-state index >= 15 is 0 Å². The molecule has 72 valence electrons. The van der Waals surface area contributed by atoms with Crippen LogP contribution in [0, 0.1) is 6.92 Å². The zero-order valence-electron chi connectivity index (χ0n) is 6.89. The van der Waals surface area contributed by atoms with E-state index in [0.29, 0.717) is 5.56 Å². The second-order valence-corrected chi connectivity index (χ2v) is 2.83. The van der Waals surface area contributed by atoms with E-state index in [1.165, 1.54) is 6.92 Å². The van der Waals surface area contributed by atoms with Gasteiger partial charge in [-0.05, 0) is 12.5 Å². The summed E-state index contributed by atoms with van der Waals surface area (Å²) in [4.78, 5) is 3.42. The van der Waals surface area contributed by atoms with Crippen LogP contribution in [0.25, 0.3) is 0 Å². The highest BCUT2D eigenvalue weighted by Crippen LogP contribution is 2.28. The molecule has 0 bridgehead atoms. The molecule has 1 rings (SSSR count). The highest BCUT2D eigenvalue weighted by Gasteiger charge is 2.17.